The third kappa shape index (κ3) is 4.42. The Morgan fingerprint density at radius 2 is 1.43 bits per heavy atom. The second kappa shape index (κ2) is 7.58. The summed E-state index contributed by atoms with van der Waals surface area (Å²) in [5.41, 5.74) is 4.48. The highest BCUT2D eigenvalue weighted by molar-refractivity contribution is 5.96. The van der Waals surface area contributed by atoms with Crippen LogP contribution < -0.4 is 10.6 Å². The van der Waals surface area contributed by atoms with Crippen molar-refractivity contribution in [3.05, 3.63) is 70.3 Å². The van der Waals surface area contributed by atoms with Crippen molar-refractivity contribution < 1.29 is 9.59 Å². The number of carbonyl (C=O) groups excluding carboxylic acids is 2. The monoisotopic (exact) mass is 310 g/mol. The van der Waals surface area contributed by atoms with Gasteiger partial charge in [-0.15, -0.1) is 0 Å². The van der Waals surface area contributed by atoms with Crippen molar-refractivity contribution >= 4 is 11.8 Å². The van der Waals surface area contributed by atoms with E-state index in [9.17, 15) is 9.59 Å². The number of carbonyl (C=O) groups is 2. The highest BCUT2D eigenvalue weighted by Crippen LogP contribution is 2.09. The van der Waals surface area contributed by atoms with Crippen LogP contribution in [0.25, 0.3) is 0 Å². The molecule has 0 saturated heterocycles. The smallest absolute Gasteiger partial charge is 0.251 e. The Morgan fingerprint density at radius 1 is 0.783 bits per heavy atom. The zero-order chi connectivity index (χ0) is 16.8. The van der Waals surface area contributed by atoms with Crippen LogP contribution in [0.15, 0.2) is 42.5 Å². The van der Waals surface area contributed by atoms with Gasteiger partial charge in [0.25, 0.3) is 11.8 Å². The van der Waals surface area contributed by atoms with Crippen molar-refractivity contribution in [2.45, 2.75) is 20.8 Å². The number of amides is 2. The molecule has 0 aliphatic carbocycles. The van der Waals surface area contributed by atoms with E-state index in [0.717, 1.165) is 16.7 Å². The van der Waals surface area contributed by atoms with Gasteiger partial charge in [-0.3, -0.25) is 9.59 Å². The van der Waals surface area contributed by atoms with E-state index in [1.165, 1.54) is 0 Å². The van der Waals surface area contributed by atoms with E-state index in [-0.39, 0.29) is 11.8 Å². The summed E-state index contributed by atoms with van der Waals surface area (Å²) in [5.74, 6) is -0.248. The first-order valence-electron chi connectivity index (χ1n) is 7.68. The van der Waals surface area contributed by atoms with E-state index in [0.29, 0.717) is 24.2 Å². The van der Waals surface area contributed by atoms with E-state index in [2.05, 4.69) is 10.6 Å². The quantitative estimate of drug-likeness (QED) is 0.834. The topological polar surface area (TPSA) is 58.2 Å². The third-order valence-corrected chi connectivity index (χ3v) is 3.85. The maximum atomic E-state index is 12.1. The molecule has 120 valence electrons. The van der Waals surface area contributed by atoms with Gasteiger partial charge >= 0.3 is 0 Å². The summed E-state index contributed by atoms with van der Waals surface area (Å²) in [7, 11) is 0. The van der Waals surface area contributed by atoms with E-state index < -0.39 is 0 Å². The lowest BCUT2D eigenvalue weighted by molar-refractivity contribution is 0.0927. The molecule has 0 aliphatic rings. The molecule has 0 aliphatic heterocycles. The summed E-state index contributed by atoms with van der Waals surface area (Å²) in [4.78, 5) is 24.1. The van der Waals surface area contributed by atoms with Crippen LogP contribution in [0.5, 0.6) is 0 Å². The molecule has 2 N–H and O–H groups in total. The Kier molecular flexibility index (Phi) is 5.52. The molecular weight excluding hydrogens is 288 g/mol. The molecule has 0 spiro atoms. The van der Waals surface area contributed by atoms with Crippen LogP contribution >= 0.6 is 0 Å². The molecule has 2 aromatic carbocycles. The summed E-state index contributed by atoms with van der Waals surface area (Å²) in [6, 6.07) is 13.0. The average Bonchev–Trinajstić information content (AvgIpc) is 2.54. The molecule has 0 fully saturated rings. The van der Waals surface area contributed by atoms with Crippen molar-refractivity contribution in [3.63, 3.8) is 0 Å². The number of nitrogens with one attached hydrogen (secondary N) is 2. The minimum atomic E-state index is -0.127. The molecule has 4 nitrogen and oxygen atoms in total. The van der Waals surface area contributed by atoms with Crippen LogP contribution in [-0.2, 0) is 0 Å². The molecule has 4 heteroatoms. The standard InChI is InChI=1S/C19H22N2O2/c1-13-8-9-16(12-15(13)3)18(22)20-10-11-21-19(23)17-7-5-4-6-14(17)2/h4-9,12H,10-11H2,1-3H3,(H,20,22)(H,21,23). The third-order valence-electron chi connectivity index (χ3n) is 3.85. The first-order chi connectivity index (χ1) is 11.0. The highest BCUT2D eigenvalue weighted by atomic mass is 16.2. The number of aryl methyl sites for hydroxylation is 3. The normalized spacial score (nSPS) is 10.2. The van der Waals surface area contributed by atoms with E-state index in [4.69, 9.17) is 0 Å². The number of benzene rings is 2. The fourth-order valence-electron chi connectivity index (χ4n) is 2.26. The van der Waals surface area contributed by atoms with E-state index >= 15 is 0 Å². The Bertz CT molecular complexity index is 723. The van der Waals surface area contributed by atoms with Crippen molar-refractivity contribution in [1.82, 2.24) is 10.6 Å². The zero-order valence-electron chi connectivity index (χ0n) is 13.8. The first-order valence-corrected chi connectivity index (χ1v) is 7.68. The molecule has 0 heterocycles. The predicted octanol–water partition coefficient (Wildman–Crippen LogP) is 2.77. The van der Waals surface area contributed by atoms with Gasteiger partial charge in [-0.1, -0.05) is 24.3 Å². The van der Waals surface area contributed by atoms with Gasteiger partial charge in [0.15, 0.2) is 0 Å². The number of hydrogen-bond acceptors (Lipinski definition) is 2. The molecule has 0 unspecified atom stereocenters. The molecule has 23 heavy (non-hydrogen) atoms. The van der Waals surface area contributed by atoms with Gasteiger partial charge in [-0.2, -0.15) is 0 Å². The maximum absolute atomic E-state index is 12.1. The van der Waals surface area contributed by atoms with E-state index in [1.54, 1.807) is 6.07 Å². The maximum Gasteiger partial charge on any atom is 0.251 e. The highest BCUT2D eigenvalue weighted by Gasteiger charge is 2.08. The van der Waals surface area contributed by atoms with Crippen LogP contribution in [0.2, 0.25) is 0 Å². The molecule has 2 rings (SSSR count). The molecule has 0 saturated carbocycles. The van der Waals surface area contributed by atoms with Gasteiger partial charge in [0.1, 0.15) is 0 Å². The van der Waals surface area contributed by atoms with Gasteiger partial charge in [0.2, 0.25) is 0 Å². The lowest BCUT2D eigenvalue weighted by atomic mass is 10.1. The Balaban J connectivity index is 1.81. The second-order valence-corrected chi connectivity index (χ2v) is 5.63. The van der Waals surface area contributed by atoms with Crippen LogP contribution in [0, 0.1) is 20.8 Å². The number of hydrogen-bond donors (Lipinski definition) is 2. The van der Waals surface area contributed by atoms with Crippen LogP contribution in [0.1, 0.15) is 37.4 Å². The van der Waals surface area contributed by atoms with Gasteiger partial charge < -0.3 is 10.6 Å². The predicted molar refractivity (Wildman–Crippen MR) is 91.8 cm³/mol. The number of rotatable bonds is 5. The Hall–Kier alpha value is -2.62. The fourth-order valence-corrected chi connectivity index (χ4v) is 2.26. The molecule has 2 aromatic rings. The van der Waals surface area contributed by atoms with Gasteiger partial charge in [0.05, 0.1) is 0 Å². The Labute approximate surface area is 136 Å². The van der Waals surface area contributed by atoms with Crippen LogP contribution in [0.3, 0.4) is 0 Å². The van der Waals surface area contributed by atoms with Crippen molar-refractivity contribution in [2.24, 2.45) is 0 Å². The average molecular weight is 310 g/mol. The van der Waals surface area contributed by atoms with Gasteiger partial charge in [0, 0.05) is 24.2 Å². The summed E-state index contributed by atoms with van der Waals surface area (Å²) in [6.45, 7) is 6.68. The molecule has 2 amide bonds. The van der Waals surface area contributed by atoms with Gasteiger partial charge in [-0.25, -0.2) is 0 Å². The minimum Gasteiger partial charge on any atom is -0.350 e. The molecule has 0 radical (unpaired) electrons. The van der Waals surface area contributed by atoms with Crippen LogP contribution in [0.4, 0.5) is 0 Å². The fraction of sp³-hybridized carbons (Fsp3) is 0.263. The zero-order valence-corrected chi connectivity index (χ0v) is 13.8. The molecule has 0 atom stereocenters. The van der Waals surface area contributed by atoms with Crippen LogP contribution in [-0.4, -0.2) is 24.9 Å². The first kappa shape index (κ1) is 16.7. The summed E-state index contributed by atoms with van der Waals surface area (Å²) < 4.78 is 0. The molecule has 0 aromatic heterocycles. The largest absolute Gasteiger partial charge is 0.350 e. The molecular formula is C19H22N2O2. The lowest BCUT2D eigenvalue weighted by Crippen LogP contribution is -2.34. The minimum absolute atomic E-state index is 0.122. The summed E-state index contributed by atoms with van der Waals surface area (Å²) in [6.07, 6.45) is 0. The van der Waals surface area contributed by atoms with Crippen molar-refractivity contribution in [2.75, 3.05) is 13.1 Å². The SMILES string of the molecule is Cc1ccc(C(=O)NCCNC(=O)c2ccccc2C)cc1C. The molecule has 0 bridgehead atoms. The van der Waals surface area contributed by atoms with Gasteiger partial charge in [-0.05, 0) is 55.7 Å². The summed E-state index contributed by atoms with van der Waals surface area (Å²) >= 11 is 0. The lowest BCUT2D eigenvalue weighted by Gasteiger charge is -2.09. The second-order valence-electron chi connectivity index (χ2n) is 5.63. The van der Waals surface area contributed by atoms with Crippen molar-refractivity contribution in [1.29, 1.82) is 0 Å². The van der Waals surface area contributed by atoms with E-state index in [1.807, 2.05) is 57.2 Å². The Morgan fingerprint density at radius 3 is 2.09 bits per heavy atom. The van der Waals surface area contributed by atoms with Crippen molar-refractivity contribution in [3.8, 4) is 0 Å². The summed E-state index contributed by atoms with van der Waals surface area (Å²) in [5, 5.41) is 5.63.